The molecule has 29 heavy (non-hydrogen) atoms. The Hall–Kier alpha value is -2.80. The maximum absolute atomic E-state index is 12.4. The van der Waals surface area contributed by atoms with Crippen molar-refractivity contribution >= 4 is 16.9 Å². The lowest BCUT2D eigenvalue weighted by molar-refractivity contribution is -0.132. The molecule has 3 heterocycles. The van der Waals surface area contributed by atoms with Gasteiger partial charge >= 0.3 is 0 Å². The van der Waals surface area contributed by atoms with Crippen LogP contribution >= 0.6 is 0 Å². The van der Waals surface area contributed by atoms with Gasteiger partial charge in [-0.3, -0.25) is 14.5 Å². The molecule has 0 unspecified atom stereocenters. The van der Waals surface area contributed by atoms with Gasteiger partial charge in [-0.15, -0.1) is 0 Å². The van der Waals surface area contributed by atoms with E-state index in [1.807, 2.05) is 46.2 Å². The van der Waals surface area contributed by atoms with Crippen LogP contribution in [0.15, 0.2) is 42.9 Å². The summed E-state index contributed by atoms with van der Waals surface area (Å²) >= 11 is 0. The van der Waals surface area contributed by atoms with Gasteiger partial charge in [0.25, 0.3) is 0 Å². The highest BCUT2D eigenvalue weighted by Crippen LogP contribution is 2.25. The second kappa shape index (κ2) is 9.13. The molecule has 3 aromatic rings. The van der Waals surface area contributed by atoms with Crippen LogP contribution in [0.25, 0.3) is 22.3 Å². The van der Waals surface area contributed by atoms with E-state index in [0.717, 1.165) is 67.5 Å². The minimum absolute atomic E-state index is 0.271. The first-order valence-corrected chi connectivity index (χ1v) is 10.5. The second-order valence-corrected chi connectivity index (χ2v) is 7.66. The van der Waals surface area contributed by atoms with Gasteiger partial charge in [0.2, 0.25) is 5.91 Å². The van der Waals surface area contributed by atoms with Gasteiger partial charge in [-0.2, -0.15) is 5.10 Å². The molecule has 7 nitrogen and oxygen atoms in total. The first-order valence-electron chi connectivity index (χ1n) is 10.5. The van der Waals surface area contributed by atoms with Crippen LogP contribution in [0.3, 0.4) is 0 Å². The van der Waals surface area contributed by atoms with E-state index < -0.39 is 0 Å². The molecular formula is C22H28N6O. The standard InChI is InChI=1S/C22H28N6O/c23-11-5-1-2-8-22(29)27-12-9-18(10-13-27)28-16-17(14-25-28)21-15-24-19-6-3-4-7-20(19)26-21/h3-4,6-7,14-16,18H,1-2,5,8-13,23H2. The molecule has 1 aliphatic heterocycles. The Kier molecular flexibility index (Phi) is 6.14. The summed E-state index contributed by atoms with van der Waals surface area (Å²) in [6, 6.07) is 8.18. The Bertz CT molecular complexity index is 961. The Labute approximate surface area is 170 Å². The molecule has 1 aromatic carbocycles. The summed E-state index contributed by atoms with van der Waals surface area (Å²) in [6.45, 7) is 2.30. The summed E-state index contributed by atoms with van der Waals surface area (Å²) in [5.74, 6) is 0.271. The fraction of sp³-hybridized carbons (Fsp3) is 0.455. The number of nitrogens with zero attached hydrogens (tertiary/aromatic N) is 5. The Morgan fingerprint density at radius 3 is 2.66 bits per heavy atom. The zero-order valence-electron chi connectivity index (χ0n) is 16.7. The third kappa shape index (κ3) is 4.62. The minimum atomic E-state index is 0.271. The molecule has 0 bridgehead atoms. The fourth-order valence-corrected chi connectivity index (χ4v) is 3.90. The van der Waals surface area contributed by atoms with Crippen molar-refractivity contribution in [1.29, 1.82) is 0 Å². The quantitative estimate of drug-likeness (QED) is 0.624. The Morgan fingerprint density at radius 2 is 1.86 bits per heavy atom. The predicted octanol–water partition coefficient (Wildman–Crippen LogP) is 3.18. The average molecular weight is 393 g/mol. The Balaban J connectivity index is 1.35. The number of carbonyl (C=O) groups is 1. The second-order valence-electron chi connectivity index (χ2n) is 7.66. The lowest BCUT2D eigenvalue weighted by Crippen LogP contribution is -2.39. The first kappa shape index (κ1) is 19.5. The summed E-state index contributed by atoms with van der Waals surface area (Å²) in [5.41, 5.74) is 9.10. The smallest absolute Gasteiger partial charge is 0.222 e. The van der Waals surface area contributed by atoms with E-state index in [4.69, 9.17) is 10.7 Å². The van der Waals surface area contributed by atoms with E-state index in [1.54, 1.807) is 6.20 Å². The number of aromatic nitrogens is 4. The van der Waals surface area contributed by atoms with Gasteiger partial charge in [-0.05, 0) is 44.4 Å². The zero-order valence-corrected chi connectivity index (χ0v) is 16.7. The summed E-state index contributed by atoms with van der Waals surface area (Å²) in [4.78, 5) is 23.6. The third-order valence-corrected chi connectivity index (χ3v) is 5.63. The molecule has 0 saturated carbocycles. The van der Waals surface area contributed by atoms with Gasteiger partial charge in [0.15, 0.2) is 0 Å². The van der Waals surface area contributed by atoms with E-state index in [2.05, 4.69) is 10.1 Å². The zero-order chi connectivity index (χ0) is 20.1. The number of amides is 1. The van der Waals surface area contributed by atoms with E-state index in [1.165, 1.54) is 0 Å². The SMILES string of the molecule is NCCCCCC(=O)N1CCC(n2cc(-c3cnc4ccccc4n3)cn2)CC1. The molecule has 1 saturated heterocycles. The molecule has 0 aliphatic carbocycles. The van der Waals surface area contributed by atoms with Crippen LogP contribution in [0.5, 0.6) is 0 Å². The van der Waals surface area contributed by atoms with E-state index in [0.29, 0.717) is 19.0 Å². The molecule has 2 aromatic heterocycles. The summed E-state index contributed by atoms with van der Waals surface area (Å²) in [7, 11) is 0. The van der Waals surface area contributed by atoms with Crippen molar-refractivity contribution in [3.8, 4) is 11.3 Å². The van der Waals surface area contributed by atoms with Crippen molar-refractivity contribution in [2.45, 2.75) is 44.6 Å². The van der Waals surface area contributed by atoms with Crippen LogP contribution in [-0.4, -0.2) is 50.2 Å². The van der Waals surface area contributed by atoms with Crippen molar-refractivity contribution in [3.63, 3.8) is 0 Å². The number of piperidine rings is 1. The van der Waals surface area contributed by atoms with Crippen molar-refractivity contribution in [3.05, 3.63) is 42.9 Å². The first-order chi connectivity index (χ1) is 14.2. The maximum atomic E-state index is 12.4. The molecule has 0 spiro atoms. The minimum Gasteiger partial charge on any atom is -0.343 e. The summed E-state index contributed by atoms with van der Waals surface area (Å²) < 4.78 is 2.02. The molecular weight excluding hydrogens is 364 g/mol. The molecule has 4 rings (SSSR count). The van der Waals surface area contributed by atoms with Gasteiger partial charge in [0, 0.05) is 31.3 Å². The maximum Gasteiger partial charge on any atom is 0.222 e. The lowest BCUT2D eigenvalue weighted by Gasteiger charge is -2.32. The molecule has 1 aliphatic rings. The number of carbonyl (C=O) groups excluding carboxylic acids is 1. The normalized spacial score (nSPS) is 15.1. The number of likely N-dealkylation sites (tertiary alicyclic amines) is 1. The number of hydrogen-bond donors (Lipinski definition) is 1. The van der Waals surface area contributed by atoms with Gasteiger partial charge in [-0.1, -0.05) is 18.6 Å². The van der Waals surface area contributed by atoms with Crippen LogP contribution in [0, 0.1) is 0 Å². The fourth-order valence-electron chi connectivity index (χ4n) is 3.90. The van der Waals surface area contributed by atoms with E-state index >= 15 is 0 Å². The number of nitrogens with two attached hydrogens (primary N) is 1. The highest BCUT2D eigenvalue weighted by Gasteiger charge is 2.24. The third-order valence-electron chi connectivity index (χ3n) is 5.63. The molecule has 0 radical (unpaired) electrons. The molecule has 152 valence electrons. The highest BCUT2D eigenvalue weighted by atomic mass is 16.2. The Morgan fingerprint density at radius 1 is 1.07 bits per heavy atom. The topological polar surface area (TPSA) is 89.9 Å². The summed E-state index contributed by atoms with van der Waals surface area (Å²) in [6.07, 6.45) is 11.2. The molecule has 2 N–H and O–H groups in total. The monoisotopic (exact) mass is 392 g/mol. The van der Waals surface area contributed by atoms with Crippen molar-refractivity contribution < 1.29 is 4.79 Å². The highest BCUT2D eigenvalue weighted by molar-refractivity contribution is 5.77. The molecule has 1 amide bonds. The van der Waals surface area contributed by atoms with Gasteiger partial charge in [0.05, 0.1) is 35.2 Å². The number of fused-ring (bicyclic) bond motifs is 1. The molecule has 1 fully saturated rings. The van der Waals surface area contributed by atoms with Crippen LogP contribution < -0.4 is 5.73 Å². The van der Waals surface area contributed by atoms with Crippen LogP contribution in [0.2, 0.25) is 0 Å². The van der Waals surface area contributed by atoms with Gasteiger partial charge in [-0.25, -0.2) is 4.98 Å². The number of rotatable bonds is 7. The lowest BCUT2D eigenvalue weighted by atomic mass is 10.0. The van der Waals surface area contributed by atoms with Crippen molar-refractivity contribution in [2.24, 2.45) is 5.73 Å². The number of para-hydroxylation sites is 2. The largest absolute Gasteiger partial charge is 0.343 e. The van der Waals surface area contributed by atoms with Crippen LogP contribution in [-0.2, 0) is 4.79 Å². The number of benzene rings is 1. The number of unbranched alkanes of at least 4 members (excludes halogenated alkanes) is 2. The summed E-state index contributed by atoms with van der Waals surface area (Å²) in [5, 5.41) is 4.57. The average Bonchev–Trinajstić information content (AvgIpc) is 3.27. The van der Waals surface area contributed by atoms with Gasteiger partial charge < -0.3 is 10.6 Å². The number of hydrogen-bond acceptors (Lipinski definition) is 5. The van der Waals surface area contributed by atoms with Gasteiger partial charge in [0.1, 0.15) is 0 Å². The van der Waals surface area contributed by atoms with Crippen LogP contribution in [0.1, 0.15) is 44.6 Å². The van der Waals surface area contributed by atoms with E-state index in [9.17, 15) is 4.79 Å². The molecule has 7 heteroatoms. The molecule has 0 atom stereocenters. The van der Waals surface area contributed by atoms with Crippen molar-refractivity contribution in [2.75, 3.05) is 19.6 Å². The predicted molar refractivity (Wildman–Crippen MR) is 113 cm³/mol. The van der Waals surface area contributed by atoms with Crippen LogP contribution in [0.4, 0.5) is 0 Å². The van der Waals surface area contributed by atoms with Crippen molar-refractivity contribution in [1.82, 2.24) is 24.6 Å². The van der Waals surface area contributed by atoms with E-state index in [-0.39, 0.29) is 5.91 Å².